The van der Waals surface area contributed by atoms with Crippen molar-refractivity contribution in [1.82, 2.24) is 10.2 Å². The van der Waals surface area contributed by atoms with Crippen molar-refractivity contribution in [2.45, 2.75) is 11.8 Å². The lowest BCUT2D eigenvalue weighted by Gasteiger charge is -2.12. The highest BCUT2D eigenvalue weighted by Crippen LogP contribution is 2.28. The molecule has 1 N–H and O–H groups in total. The highest BCUT2D eigenvalue weighted by molar-refractivity contribution is 9.10. The highest BCUT2D eigenvalue weighted by Gasteiger charge is 2.21. The Hall–Kier alpha value is -1.38. The smallest absolute Gasteiger partial charge is 0.266 e. The van der Waals surface area contributed by atoms with Crippen molar-refractivity contribution in [2.75, 3.05) is 11.3 Å². The first-order chi connectivity index (χ1) is 9.92. The summed E-state index contributed by atoms with van der Waals surface area (Å²) >= 11 is 8.85. The molecule has 0 bridgehead atoms. The summed E-state index contributed by atoms with van der Waals surface area (Å²) in [5, 5.41) is 7.42. The number of halogens is 2. The number of nitrogens with zero attached hydrogens (tertiary/aromatic N) is 2. The summed E-state index contributed by atoms with van der Waals surface area (Å²) in [6, 6.07) is 7.60. The van der Waals surface area contributed by atoms with E-state index < -0.39 is 10.0 Å². The van der Waals surface area contributed by atoms with Crippen LogP contribution in [0.15, 0.2) is 39.7 Å². The van der Waals surface area contributed by atoms with E-state index in [9.17, 15) is 8.42 Å². The first kappa shape index (κ1) is 16.0. The van der Waals surface area contributed by atoms with Gasteiger partial charge in [0.15, 0.2) is 11.0 Å². The van der Waals surface area contributed by atoms with E-state index in [4.69, 9.17) is 16.3 Å². The monoisotopic (exact) mass is 391 g/mol. The van der Waals surface area contributed by atoms with Crippen molar-refractivity contribution in [3.63, 3.8) is 0 Å². The van der Waals surface area contributed by atoms with Crippen molar-refractivity contribution in [3.05, 3.63) is 40.0 Å². The molecule has 0 radical (unpaired) electrons. The fourth-order valence-electron chi connectivity index (χ4n) is 1.53. The maximum atomic E-state index is 12.4. The molecule has 2 aromatic rings. The van der Waals surface area contributed by atoms with Crippen LogP contribution in [-0.4, -0.2) is 25.2 Å². The van der Waals surface area contributed by atoms with Crippen LogP contribution in [0.2, 0.25) is 5.15 Å². The summed E-state index contributed by atoms with van der Waals surface area (Å²) in [6.45, 7) is 2.13. The summed E-state index contributed by atoms with van der Waals surface area (Å²) < 4.78 is 33.1. The molecule has 6 nitrogen and oxygen atoms in total. The van der Waals surface area contributed by atoms with Gasteiger partial charge in [-0.2, -0.15) is 0 Å². The molecule has 0 amide bonds. The van der Waals surface area contributed by atoms with Gasteiger partial charge in [0.05, 0.1) is 6.61 Å². The van der Waals surface area contributed by atoms with Gasteiger partial charge in [-0.05, 0) is 37.3 Å². The molecule has 112 valence electrons. The van der Waals surface area contributed by atoms with E-state index in [0.29, 0.717) is 11.1 Å². The van der Waals surface area contributed by atoms with Crippen LogP contribution in [0.5, 0.6) is 5.75 Å². The third-order valence-electron chi connectivity index (χ3n) is 2.37. The number of nitrogens with one attached hydrogen (secondary N) is 1. The molecule has 0 spiro atoms. The molecule has 0 saturated carbocycles. The lowest BCUT2D eigenvalue weighted by molar-refractivity contribution is 0.331. The largest absolute Gasteiger partial charge is 0.492 e. The van der Waals surface area contributed by atoms with E-state index in [2.05, 4.69) is 30.8 Å². The van der Waals surface area contributed by atoms with E-state index in [1.54, 1.807) is 19.1 Å². The second-order valence-corrected chi connectivity index (χ2v) is 6.82. The highest BCUT2D eigenvalue weighted by atomic mass is 79.9. The maximum absolute atomic E-state index is 12.4. The topological polar surface area (TPSA) is 81.2 Å². The van der Waals surface area contributed by atoms with E-state index in [-0.39, 0.29) is 21.6 Å². The predicted molar refractivity (Wildman–Crippen MR) is 83.2 cm³/mol. The first-order valence-electron chi connectivity index (χ1n) is 5.87. The Labute approximate surface area is 135 Å². The molecule has 0 saturated heterocycles. The SMILES string of the molecule is CCOc1ccc(Br)cc1S(=O)(=O)Nc1ccc(Cl)nn1. The fraction of sp³-hybridized carbons (Fsp3) is 0.167. The Morgan fingerprint density at radius 2 is 2.05 bits per heavy atom. The van der Waals surface area contributed by atoms with Gasteiger partial charge in [0.25, 0.3) is 10.0 Å². The molecule has 0 aliphatic rings. The van der Waals surface area contributed by atoms with Crippen LogP contribution in [0.1, 0.15) is 6.92 Å². The van der Waals surface area contributed by atoms with Crippen LogP contribution in [0.4, 0.5) is 5.82 Å². The number of rotatable bonds is 5. The van der Waals surface area contributed by atoms with Gasteiger partial charge in [0.2, 0.25) is 0 Å². The third-order valence-corrected chi connectivity index (χ3v) is 4.44. The normalized spacial score (nSPS) is 11.2. The molecular weight excluding hydrogens is 382 g/mol. The molecule has 1 aromatic heterocycles. The van der Waals surface area contributed by atoms with E-state index in [1.165, 1.54) is 18.2 Å². The van der Waals surface area contributed by atoms with Crippen LogP contribution >= 0.6 is 27.5 Å². The lowest BCUT2D eigenvalue weighted by Crippen LogP contribution is -2.15. The lowest BCUT2D eigenvalue weighted by atomic mass is 10.3. The average Bonchev–Trinajstić information content (AvgIpc) is 2.43. The Bertz CT molecular complexity index is 738. The number of anilines is 1. The number of benzene rings is 1. The van der Waals surface area contributed by atoms with Gasteiger partial charge < -0.3 is 4.74 Å². The second-order valence-electron chi connectivity index (χ2n) is 3.87. The van der Waals surface area contributed by atoms with Gasteiger partial charge in [-0.3, -0.25) is 4.72 Å². The number of hydrogen-bond acceptors (Lipinski definition) is 5. The quantitative estimate of drug-likeness (QED) is 0.845. The van der Waals surface area contributed by atoms with Crippen LogP contribution in [0.25, 0.3) is 0 Å². The van der Waals surface area contributed by atoms with Gasteiger partial charge in [0, 0.05) is 4.47 Å². The number of ether oxygens (including phenoxy) is 1. The van der Waals surface area contributed by atoms with Crippen molar-refractivity contribution >= 4 is 43.4 Å². The van der Waals surface area contributed by atoms with Crippen molar-refractivity contribution in [1.29, 1.82) is 0 Å². The fourth-order valence-corrected chi connectivity index (χ4v) is 3.31. The minimum atomic E-state index is -3.85. The van der Waals surface area contributed by atoms with E-state index >= 15 is 0 Å². The van der Waals surface area contributed by atoms with Crippen LogP contribution < -0.4 is 9.46 Å². The molecule has 1 aromatic carbocycles. The molecular formula is C12H11BrClN3O3S. The Kier molecular flexibility index (Phi) is 5.02. The van der Waals surface area contributed by atoms with Crippen molar-refractivity contribution < 1.29 is 13.2 Å². The average molecular weight is 393 g/mol. The van der Waals surface area contributed by atoms with Gasteiger partial charge in [0.1, 0.15) is 10.6 Å². The van der Waals surface area contributed by atoms with Crippen molar-refractivity contribution in [2.24, 2.45) is 0 Å². The van der Waals surface area contributed by atoms with E-state index in [0.717, 1.165) is 0 Å². The number of sulfonamides is 1. The zero-order valence-corrected chi connectivity index (χ0v) is 14.0. The number of hydrogen-bond donors (Lipinski definition) is 1. The predicted octanol–water partition coefficient (Wildman–Crippen LogP) is 3.09. The first-order valence-corrected chi connectivity index (χ1v) is 8.52. The van der Waals surface area contributed by atoms with Gasteiger partial charge >= 0.3 is 0 Å². The maximum Gasteiger partial charge on any atom is 0.266 e. The van der Waals surface area contributed by atoms with Crippen molar-refractivity contribution in [3.8, 4) is 5.75 Å². The summed E-state index contributed by atoms with van der Waals surface area (Å²) in [5.41, 5.74) is 0. The van der Waals surface area contributed by atoms with Gasteiger partial charge in [-0.1, -0.05) is 27.5 Å². The third kappa shape index (κ3) is 4.05. The van der Waals surface area contributed by atoms with Crippen LogP contribution in [0, 0.1) is 0 Å². The minimum absolute atomic E-state index is 0.00970. The second kappa shape index (κ2) is 6.59. The Morgan fingerprint density at radius 1 is 1.29 bits per heavy atom. The molecule has 0 aliphatic heterocycles. The summed E-state index contributed by atoms with van der Waals surface area (Å²) in [4.78, 5) is 0.00970. The van der Waals surface area contributed by atoms with Crippen LogP contribution in [0.3, 0.4) is 0 Å². The summed E-state index contributed by atoms with van der Waals surface area (Å²) in [7, 11) is -3.85. The van der Waals surface area contributed by atoms with Crippen LogP contribution in [-0.2, 0) is 10.0 Å². The molecule has 21 heavy (non-hydrogen) atoms. The Morgan fingerprint density at radius 3 is 2.67 bits per heavy atom. The molecule has 9 heteroatoms. The molecule has 2 rings (SSSR count). The standard InChI is InChI=1S/C12H11BrClN3O3S/c1-2-20-9-4-3-8(13)7-10(9)21(18,19)17-12-6-5-11(14)15-16-12/h3-7H,2H2,1H3,(H,16,17). The molecule has 0 aliphatic carbocycles. The Balaban J connectivity index is 2.39. The van der Waals surface area contributed by atoms with E-state index in [1.807, 2.05) is 0 Å². The summed E-state index contributed by atoms with van der Waals surface area (Å²) in [5.74, 6) is 0.331. The molecule has 0 fully saturated rings. The molecule has 0 atom stereocenters. The number of aromatic nitrogens is 2. The minimum Gasteiger partial charge on any atom is -0.492 e. The molecule has 1 heterocycles. The van der Waals surface area contributed by atoms with Gasteiger partial charge in [-0.15, -0.1) is 10.2 Å². The van der Waals surface area contributed by atoms with Gasteiger partial charge in [-0.25, -0.2) is 8.42 Å². The zero-order valence-electron chi connectivity index (χ0n) is 10.9. The molecule has 0 unspecified atom stereocenters. The zero-order chi connectivity index (χ0) is 15.5. The summed E-state index contributed by atoms with van der Waals surface area (Å²) in [6.07, 6.45) is 0.